The minimum absolute atomic E-state index is 0.0198. The fourth-order valence-corrected chi connectivity index (χ4v) is 6.50. The first-order valence-electron chi connectivity index (χ1n) is 10.2. The zero-order valence-corrected chi connectivity index (χ0v) is 18.5. The summed E-state index contributed by atoms with van der Waals surface area (Å²) >= 11 is 0. The molecule has 2 aromatic carbocycles. The molecule has 2 aromatic rings. The van der Waals surface area contributed by atoms with E-state index in [-0.39, 0.29) is 36.0 Å². The summed E-state index contributed by atoms with van der Waals surface area (Å²) in [6.45, 7) is 4.90. The zero-order valence-electron chi connectivity index (χ0n) is 17.7. The molecular weight excluding hydrogens is 400 g/mol. The van der Waals surface area contributed by atoms with Crippen molar-refractivity contribution in [2.75, 3.05) is 36.6 Å². The lowest BCUT2D eigenvalue weighted by atomic mass is 10.0. The van der Waals surface area contributed by atoms with E-state index in [1.165, 1.54) is 0 Å². The first-order valence-corrected chi connectivity index (χ1v) is 12.1. The van der Waals surface area contributed by atoms with Gasteiger partial charge in [-0.2, -0.15) is 0 Å². The first-order chi connectivity index (χ1) is 14.3. The number of benzene rings is 2. The molecule has 160 valence electrons. The van der Waals surface area contributed by atoms with Crippen LogP contribution >= 0.6 is 0 Å². The number of hydrogen-bond acceptors (Lipinski definition) is 5. The number of sulfone groups is 1. The number of anilines is 1. The molecule has 30 heavy (non-hydrogen) atoms. The highest BCUT2D eigenvalue weighted by Crippen LogP contribution is 2.32. The summed E-state index contributed by atoms with van der Waals surface area (Å²) in [5.41, 5.74) is 4.15. The maximum atomic E-state index is 13.1. The summed E-state index contributed by atoms with van der Waals surface area (Å²) in [5, 5.41) is 0. The van der Waals surface area contributed by atoms with Crippen LogP contribution in [0.1, 0.15) is 16.7 Å². The molecule has 0 aromatic heterocycles. The predicted octanol–water partition coefficient (Wildman–Crippen LogP) is 2.37. The highest BCUT2D eigenvalue weighted by molar-refractivity contribution is 7.91. The molecule has 6 nitrogen and oxygen atoms in total. The minimum Gasteiger partial charge on any atom is -0.497 e. The van der Waals surface area contributed by atoms with Gasteiger partial charge in [-0.1, -0.05) is 18.2 Å². The monoisotopic (exact) mass is 428 g/mol. The summed E-state index contributed by atoms with van der Waals surface area (Å²) in [4.78, 5) is 16.9. The molecule has 2 saturated heterocycles. The van der Waals surface area contributed by atoms with Crippen LogP contribution < -0.4 is 9.64 Å². The summed E-state index contributed by atoms with van der Waals surface area (Å²) in [6.07, 6.45) is 0.734. The van der Waals surface area contributed by atoms with Gasteiger partial charge in [0.15, 0.2) is 9.84 Å². The van der Waals surface area contributed by atoms with Crippen LogP contribution in [0.2, 0.25) is 0 Å². The number of aryl methyl sites for hydroxylation is 2. The Balaban J connectivity index is 1.58. The van der Waals surface area contributed by atoms with Gasteiger partial charge in [0.05, 0.1) is 31.2 Å². The maximum absolute atomic E-state index is 13.1. The molecule has 0 aliphatic carbocycles. The standard InChI is InChI=1S/C23H28N2O4S/c1-16-7-8-19(11-17(16)2)25-22-15-30(27,28)14-21(22)24(13-23(25)26)10-9-18-5-4-6-20(12-18)29-3/h4-8,11-12,21-22H,9-10,13-15H2,1-3H3. The predicted molar refractivity (Wildman–Crippen MR) is 118 cm³/mol. The molecule has 2 fully saturated rings. The average Bonchev–Trinajstić information content (AvgIpc) is 3.03. The third-order valence-electron chi connectivity index (χ3n) is 6.29. The van der Waals surface area contributed by atoms with Crippen LogP contribution in [0.25, 0.3) is 0 Å². The molecule has 7 heteroatoms. The van der Waals surface area contributed by atoms with Gasteiger partial charge in [0, 0.05) is 18.3 Å². The second-order valence-electron chi connectivity index (χ2n) is 8.32. The van der Waals surface area contributed by atoms with E-state index in [0.717, 1.165) is 34.5 Å². The van der Waals surface area contributed by atoms with Crippen LogP contribution in [0.4, 0.5) is 5.69 Å². The van der Waals surface area contributed by atoms with Crippen molar-refractivity contribution in [3.05, 3.63) is 59.2 Å². The van der Waals surface area contributed by atoms with Crippen molar-refractivity contribution in [2.24, 2.45) is 0 Å². The van der Waals surface area contributed by atoms with Gasteiger partial charge in [-0.05, 0) is 61.2 Å². The lowest BCUT2D eigenvalue weighted by Crippen LogP contribution is -2.62. The molecule has 0 saturated carbocycles. The summed E-state index contributed by atoms with van der Waals surface area (Å²) in [6, 6.07) is 13.2. The minimum atomic E-state index is -3.19. The molecule has 2 heterocycles. The SMILES string of the molecule is COc1cccc(CCN2CC(=O)N(c3ccc(C)c(C)c3)C3CS(=O)(=O)CC32)c1. The largest absolute Gasteiger partial charge is 0.497 e. The normalized spacial score (nSPS) is 23.4. The van der Waals surface area contributed by atoms with Gasteiger partial charge in [0.2, 0.25) is 5.91 Å². The molecule has 2 aliphatic heterocycles. The summed E-state index contributed by atoms with van der Waals surface area (Å²) in [5.74, 6) is 0.878. The van der Waals surface area contributed by atoms with E-state index in [0.29, 0.717) is 6.54 Å². The topological polar surface area (TPSA) is 66.9 Å². The Hall–Kier alpha value is -2.38. The van der Waals surface area contributed by atoms with E-state index in [9.17, 15) is 13.2 Å². The van der Waals surface area contributed by atoms with Crippen molar-refractivity contribution in [3.8, 4) is 5.75 Å². The number of piperazine rings is 1. The number of hydrogen-bond donors (Lipinski definition) is 0. The molecule has 2 aliphatic rings. The van der Waals surface area contributed by atoms with Crippen LogP contribution in [-0.4, -0.2) is 63.0 Å². The Morgan fingerprint density at radius 1 is 1.03 bits per heavy atom. The van der Waals surface area contributed by atoms with Crippen molar-refractivity contribution in [1.29, 1.82) is 0 Å². The Kier molecular flexibility index (Phi) is 5.59. The first kappa shape index (κ1) is 20.9. The number of ether oxygens (including phenoxy) is 1. The number of fused-ring (bicyclic) bond motifs is 1. The third kappa shape index (κ3) is 4.09. The van der Waals surface area contributed by atoms with Crippen molar-refractivity contribution >= 4 is 21.4 Å². The summed E-state index contributed by atoms with van der Waals surface area (Å²) < 4.78 is 30.3. The molecule has 0 N–H and O–H groups in total. The van der Waals surface area contributed by atoms with Gasteiger partial charge in [-0.3, -0.25) is 9.69 Å². The molecular formula is C23H28N2O4S. The van der Waals surface area contributed by atoms with Gasteiger partial charge < -0.3 is 9.64 Å². The van der Waals surface area contributed by atoms with E-state index < -0.39 is 9.84 Å². The highest BCUT2D eigenvalue weighted by atomic mass is 32.2. The zero-order chi connectivity index (χ0) is 21.5. The number of methoxy groups -OCH3 is 1. The Bertz CT molecular complexity index is 1070. The van der Waals surface area contributed by atoms with Crippen molar-refractivity contribution in [2.45, 2.75) is 32.4 Å². The van der Waals surface area contributed by atoms with Gasteiger partial charge >= 0.3 is 0 Å². The smallest absolute Gasteiger partial charge is 0.241 e. The fourth-order valence-electron chi connectivity index (χ4n) is 4.51. The number of carbonyl (C=O) groups excluding carboxylic acids is 1. The maximum Gasteiger partial charge on any atom is 0.241 e. The number of nitrogens with zero attached hydrogens (tertiary/aromatic N) is 2. The van der Waals surface area contributed by atoms with E-state index in [2.05, 4.69) is 4.90 Å². The van der Waals surface area contributed by atoms with Crippen LogP contribution in [0.3, 0.4) is 0 Å². The van der Waals surface area contributed by atoms with Crippen LogP contribution in [0.15, 0.2) is 42.5 Å². The molecule has 1 amide bonds. The van der Waals surface area contributed by atoms with E-state index in [1.54, 1.807) is 12.0 Å². The lowest BCUT2D eigenvalue weighted by molar-refractivity contribution is -0.123. The molecule has 4 rings (SSSR count). The van der Waals surface area contributed by atoms with E-state index in [1.807, 2.05) is 56.3 Å². The molecule has 0 spiro atoms. The van der Waals surface area contributed by atoms with Gasteiger partial charge in [-0.15, -0.1) is 0 Å². The Labute approximate surface area is 178 Å². The molecule has 0 radical (unpaired) electrons. The second kappa shape index (κ2) is 8.04. The number of carbonyl (C=O) groups is 1. The van der Waals surface area contributed by atoms with Gasteiger partial charge in [0.1, 0.15) is 5.75 Å². The number of rotatable bonds is 5. The number of amides is 1. The molecule has 0 bridgehead atoms. The van der Waals surface area contributed by atoms with Crippen molar-refractivity contribution in [1.82, 2.24) is 4.90 Å². The Morgan fingerprint density at radius 3 is 2.53 bits per heavy atom. The van der Waals surface area contributed by atoms with Crippen molar-refractivity contribution in [3.63, 3.8) is 0 Å². The van der Waals surface area contributed by atoms with Crippen LogP contribution in [0.5, 0.6) is 5.75 Å². The second-order valence-corrected chi connectivity index (χ2v) is 10.5. The van der Waals surface area contributed by atoms with Crippen LogP contribution in [-0.2, 0) is 21.1 Å². The van der Waals surface area contributed by atoms with E-state index >= 15 is 0 Å². The average molecular weight is 429 g/mol. The molecule has 2 unspecified atom stereocenters. The lowest BCUT2D eigenvalue weighted by Gasteiger charge is -2.43. The Morgan fingerprint density at radius 2 is 1.80 bits per heavy atom. The molecule has 2 atom stereocenters. The van der Waals surface area contributed by atoms with Crippen LogP contribution in [0, 0.1) is 13.8 Å². The quantitative estimate of drug-likeness (QED) is 0.732. The highest BCUT2D eigenvalue weighted by Gasteiger charge is 2.49. The summed E-state index contributed by atoms with van der Waals surface area (Å²) in [7, 11) is -1.56. The van der Waals surface area contributed by atoms with E-state index in [4.69, 9.17) is 4.74 Å². The fraction of sp³-hybridized carbons (Fsp3) is 0.435. The van der Waals surface area contributed by atoms with Gasteiger partial charge in [0.25, 0.3) is 0 Å². The van der Waals surface area contributed by atoms with Gasteiger partial charge in [-0.25, -0.2) is 8.42 Å². The van der Waals surface area contributed by atoms with Crippen molar-refractivity contribution < 1.29 is 17.9 Å². The third-order valence-corrected chi connectivity index (χ3v) is 7.99.